The molecule has 1 aliphatic rings. The Hall–Kier alpha value is 0.630. The van der Waals surface area contributed by atoms with Crippen molar-refractivity contribution < 1.29 is 50.8 Å². The molecule has 0 radical (unpaired) electrons. The summed E-state index contributed by atoms with van der Waals surface area (Å²) < 4.78 is 5.17. The van der Waals surface area contributed by atoms with Crippen LogP contribution in [0.4, 0.5) is 0 Å². The quantitative estimate of drug-likeness (QED) is 0.490. The molecule has 1 aliphatic carbocycles. The SMILES string of the molecule is CCCC(=O)[NH][Zr+2]([C]1=C(C)C(C)=C(C)C1C)[SiH](C)C.[Cl-].[Cl-]. The molecule has 6 heteroatoms. The van der Waals surface area contributed by atoms with Crippen molar-refractivity contribution in [1.82, 2.24) is 3.26 Å². The fourth-order valence-electron chi connectivity index (χ4n) is 2.76. The first-order chi connectivity index (χ1) is 8.81. The number of carbonyl (C=O) groups excluding carboxylic acids is 1. The van der Waals surface area contributed by atoms with Gasteiger partial charge < -0.3 is 24.8 Å². The van der Waals surface area contributed by atoms with E-state index in [-0.39, 0.29) is 24.8 Å². The number of allylic oxidation sites excluding steroid dienone is 4. The van der Waals surface area contributed by atoms with Crippen LogP contribution in [0.1, 0.15) is 47.5 Å². The standard InChI is InChI=1S/C9H13.C4H9NO.C2H7Si.2ClH.Zr/c1-6-5-7(2)9(4)8(6)3;1-2-3-4(5)6;1-3-2;;;/h6H,1-4H3;2-3H2,1H3,(H2,5,6);3H,1-2H3;2*1H;/q;;;;;+3/p-3. The molecular weight excluding hydrogens is 400 g/mol. The Balaban J connectivity index is 0. The first kappa shape index (κ1) is 23.9. The number of carbonyl (C=O) groups is 1. The first-order valence-electron chi connectivity index (χ1n) is 7.36. The molecule has 0 spiro atoms. The van der Waals surface area contributed by atoms with Crippen molar-refractivity contribution in [2.75, 3.05) is 0 Å². The van der Waals surface area contributed by atoms with E-state index in [4.69, 9.17) is 0 Å². The van der Waals surface area contributed by atoms with Crippen LogP contribution in [0, 0.1) is 5.92 Å². The summed E-state index contributed by atoms with van der Waals surface area (Å²) in [6, 6.07) is 0. The van der Waals surface area contributed by atoms with Gasteiger partial charge in [0.25, 0.3) is 0 Å². The first-order valence-corrected chi connectivity index (χ1v) is 17.0. The maximum atomic E-state index is 12.0. The zero-order valence-electron chi connectivity index (χ0n) is 14.2. The normalized spacial score (nSPS) is 17.6. The fraction of sp³-hybridized carbons (Fsp3) is 0.667. The molecule has 1 N–H and O–H groups in total. The smallest absolute Gasteiger partial charge is 1.00 e. The van der Waals surface area contributed by atoms with Gasteiger partial charge in [-0.15, -0.1) is 0 Å². The Morgan fingerprint density at radius 3 is 2.05 bits per heavy atom. The summed E-state index contributed by atoms with van der Waals surface area (Å²) in [6.45, 7) is 16.0. The zero-order chi connectivity index (χ0) is 14.7. The minimum Gasteiger partial charge on any atom is -1.00 e. The van der Waals surface area contributed by atoms with Gasteiger partial charge in [0, 0.05) is 0 Å². The monoisotopic (exact) mass is 426 g/mol. The average molecular weight is 429 g/mol. The molecule has 0 bridgehead atoms. The predicted molar refractivity (Wildman–Crippen MR) is 82.2 cm³/mol. The van der Waals surface area contributed by atoms with Crippen molar-refractivity contribution in [3.05, 3.63) is 20.0 Å². The van der Waals surface area contributed by atoms with Crippen LogP contribution in [0.2, 0.25) is 13.1 Å². The van der Waals surface area contributed by atoms with Gasteiger partial charge in [-0.1, -0.05) is 0 Å². The number of hydrogen-bond acceptors (Lipinski definition) is 1. The van der Waals surface area contributed by atoms with Crippen LogP contribution in [0.15, 0.2) is 20.0 Å². The van der Waals surface area contributed by atoms with Crippen molar-refractivity contribution in [2.45, 2.75) is 60.6 Å². The van der Waals surface area contributed by atoms with E-state index < -0.39 is 27.1 Å². The third-order valence-electron chi connectivity index (χ3n) is 4.26. The molecule has 0 aliphatic heterocycles. The van der Waals surface area contributed by atoms with Crippen molar-refractivity contribution >= 4 is 11.8 Å². The largest absolute Gasteiger partial charge is 1.00 e. The van der Waals surface area contributed by atoms with Crippen LogP contribution in [0.5, 0.6) is 0 Å². The molecule has 0 saturated carbocycles. The summed E-state index contributed by atoms with van der Waals surface area (Å²) in [6.07, 6.45) is 1.64. The summed E-state index contributed by atoms with van der Waals surface area (Å²) in [4.78, 5) is 12.0. The average Bonchev–Trinajstić information content (AvgIpc) is 2.52. The minimum absolute atomic E-state index is 0. The molecule has 0 saturated heterocycles. The van der Waals surface area contributed by atoms with E-state index >= 15 is 0 Å². The second-order valence-corrected chi connectivity index (χ2v) is 24.1. The Bertz CT molecular complexity index is 435. The Morgan fingerprint density at radius 1 is 1.19 bits per heavy atom. The Kier molecular flexibility index (Phi) is 11.8. The van der Waals surface area contributed by atoms with Crippen LogP contribution in [0.25, 0.3) is 0 Å². The van der Waals surface area contributed by atoms with Gasteiger partial charge in [0.15, 0.2) is 0 Å². The molecule has 2 nitrogen and oxygen atoms in total. The summed E-state index contributed by atoms with van der Waals surface area (Å²) in [5.41, 5.74) is 4.49. The minimum atomic E-state index is -1.92. The third-order valence-corrected chi connectivity index (χ3v) is 21.4. The van der Waals surface area contributed by atoms with E-state index in [1.54, 1.807) is 3.28 Å². The molecule has 0 aromatic rings. The van der Waals surface area contributed by atoms with Crippen molar-refractivity contribution in [2.24, 2.45) is 5.92 Å². The molecule has 1 amide bonds. The van der Waals surface area contributed by atoms with Crippen LogP contribution >= 0.6 is 0 Å². The van der Waals surface area contributed by atoms with Crippen LogP contribution in [-0.4, -0.2) is 11.8 Å². The Morgan fingerprint density at radius 2 is 1.71 bits per heavy atom. The number of rotatable bonds is 5. The van der Waals surface area contributed by atoms with E-state index in [9.17, 15) is 4.79 Å². The van der Waals surface area contributed by atoms with Crippen molar-refractivity contribution in [3.8, 4) is 0 Å². The van der Waals surface area contributed by atoms with Crippen LogP contribution < -0.4 is 28.1 Å². The second kappa shape index (κ2) is 10.4. The van der Waals surface area contributed by atoms with E-state index in [1.807, 2.05) is 0 Å². The van der Waals surface area contributed by atoms with Crippen molar-refractivity contribution in [3.63, 3.8) is 0 Å². The summed E-state index contributed by atoms with van der Waals surface area (Å²) >= 11 is -1.92. The van der Waals surface area contributed by atoms with E-state index in [2.05, 4.69) is 51.0 Å². The maximum absolute atomic E-state index is 12.0. The van der Waals surface area contributed by atoms with Crippen molar-refractivity contribution in [1.29, 1.82) is 0 Å². The zero-order valence-corrected chi connectivity index (χ0v) is 19.4. The molecule has 1 rings (SSSR count). The van der Waals surface area contributed by atoms with Gasteiger partial charge in [-0.05, 0) is 0 Å². The summed E-state index contributed by atoms with van der Waals surface area (Å²) in [5.74, 6) is 0.103. The fourth-order valence-corrected chi connectivity index (χ4v) is 18.6. The molecule has 21 heavy (non-hydrogen) atoms. The van der Waals surface area contributed by atoms with Gasteiger partial charge in [-0.2, -0.15) is 0 Å². The molecule has 1 atom stereocenters. The maximum Gasteiger partial charge on any atom is -1.00 e. The van der Waals surface area contributed by atoms with Gasteiger partial charge in [0.05, 0.1) is 0 Å². The molecule has 0 fully saturated rings. The van der Waals surface area contributed by atoms with Crippen LogP contribution in [0.3, 0.4) is 0 Å². The van der Waals surface area contributed by atoms with Gasteiger partial charge in [-0.3, -0.25) is 0 Å². The summed E-state index contributed by atoms with van der Waals surface area (Å²) in [7, 11) is 0. The van der Waals surface area contributed by atoms with E-state index in [0.29, 0.717) is 18.2 Å². The van der Waals surface area contributed by atoms with Crippen LogP contribution in [-0.2, 0) is 26.0 Å². The third kappa shape index (κ3) is 5.64. The Labute approximate surface area is 151 Å². The number of amides is 1. The molecular formula is C15H28Cl2NOSiZr. The van der Waals surface area contributed by atoms with E-state index in [0.717, 1.165) is 6.42 Å². The summed E-state index contributed by atoms with van der Waals surface area (Å²) in [5, 5.41) is 0. The van der Waals surface area contributed by atoms with E-state index in [1.165, 1.54) is 16.7 Å². The topological polar surface area (TPSA) is 29.1 Å². The molecule has 1 unspecified atom stereocenters. The van der Waals surface area contributed by atoms with Gasteiger partial charge in [0.1, 0.15) is 0 Å². The number of nitrogens with one attached hydrogen (secondary N) is 1. The van der Waals surface area contributed by atoms with Gasteiger partial charge in [0.2, 0.25) is 0 Å². The molecule has 0 aromatic heterocycles. The molecule has 121 valence electrons. The van der Waals surface area contributed by atoms with Gasteiger partial charge in [-0.25, -0.2) is 0 Å². The predicted octanol–water partition coefficient (Wildman–Crippen LogP) is -2.31. The number of hydrogen-bond donors (Lipinski definition) is 1. The number of halogens is 2. The molecule has 0 aromatic carbocycles. The second-order valence-electron chi connectivity index (χ2n) is 5.93. The molecule has 0 heterocycles. The van der Waals surface area contributed by atoms with Gasteiger partial charge >= 0.3 is 128 Å².